The van der Waals surface area contributed by atoms with E-state index in [2.05, 4.69) is 5.32 Å². The predicted molar refractivity (Wildman–Crippen MR) is 92.8 cm³/mol. The fraction of sp³-hybridized carbons (Fsp3) is 0.100. The van der Waals surface area contributed by atoms with Gasteiger partial charge < -0.3 is 10.1 Å². The summed E-state index contributed by atoms with van der Waals surface area (Å²) in [5.74, 6) is -0.668. The molecule has 0 fully saturated rings. The molecule has 3 rings (SSSR count). The van der Waals surface area contributed by atoms with Crippen molar-refractivity contribution in [3.8, 4) is 0 Å². The standard InChI is InChI=1S/C20H17NO3/c1-14(17-13-7-11-15-8-5-6-12-18(15)17)21-20(23)24-19(22)16-9-3-2-4-10-16/h2-14H,1H3,(H,21,23)/t14-/m0/s1. The van der Waals surface area contributed by atoms with Crippen LogP contribution in [0.3, 0.4) is 0 Å². The lowest BCUT2D eigenvalue weighted by molar-refractivity contribution is 0.0618. The summed E-state index contributed by atoms with van der Waals surface area (Å²) in [5.41, 5.74) is 1.31. The molecular weight excluding hydrogens is 302 g/mol. The Bertz CT molecular complexity index is 869. The van der Waals surface area contributed by atoms with E-state index >= 15 is 0 Å². The van der Waals surface area contributed by atoms with Crippen LogP contribution in [0, 0.1) is 0 Å². The largest absolute Gasteiger partial charge is 0.415 e. The first kappa shape index (κ1) is 15.7. The Morgan fingerprint density at radius 3 is 2.33 bits per heavy atom. The van der Waals surface area contributed by atoms with Crippen molar-refractivity contribution < 1.29 is 14.3 Å². The molecule has 1 atom stereocenters. The Hall–Kier alpha value is -3.14. The number of carbonyl (C=O) groups excluding carboxylic acids is 2. The summed E-state index contributed by atoms with van der Waals surface area (Å²) in [5, 5.41) is 4.86. The van der Waals surface area contributed by atoms with Crippen molar-refractivity contribution in [3.63, 3.8) is 0 Å². The first-order valence-electron chi connectivity index (χ1n) is 7.70. The first-order chi connectivity index (χ1) is 11.6. The number of amides is 1. The number of hydrogen-bond donors (Lipinski definition) is 1. The average molecular weight is 319 g/mol. The molecule has 0 saturated carbocycles. The first-order valence-corrected chi connectivity index (χ1v) is 7.70. The average Bonchev–Trinajstić information content (AvgIpc) is 2.61. The number of carbonyl (C=O) groups is 2. The molecular formula is C20H17NO3. The Morgan fingerprint density at radius 2 is 1.54 bits per heavy atom. The number of rotatable bonds is 3. The number of esters is 1. The van der Waals surface area contributed by atoms with Gasteiger partial charge in [-0.15, -0.1) is 0 Å². The molecule has 120 valence electrons. The van der Waals surface area contributed by atoms with E-state index in [1.54, 1.807) is 30.3 Å². The van der Waals surface area contributed by atoms with Gasteiger partial charge in [-0.1, -0.05) is 60.7 Å². The van der Waals surface area contributed by atoms with Crippen LogP contribution in [0.15, 0.2) is 72.8 Å². The van der Waals surface area contributed by atoms with E-state index in [0.29, 0.717) is 5.56 Å². The third-order valence-corrected chi connectivity index (χ3v) is 3.82. The van der Waals surface area contributed by atoms with E-state index < -0.39 is 12.1 Å². The zero-order valence-electron chi connectivity index (χ0n) is 13.2. The molecule has 0 heterocycles. The van der Waals surface area contributed by atoms with Gasteiger partial charge in [0.2, 0.25) is 0 Å². The molecule has 0 unspecified atom stereocenters. The molecule has 4 heteroatoms. The molecule has 1 N–H and O–H groups in total. The molecule has 0 spiro atoms. The van der Waals surface area contributed by atoms with Gasteiger partial charge >= 0.3 is 12.1 Å². The van der Waals surface area contributed by atoms with Crippen LogP contribution >= 0.6 is 0 Å². The van der Waals surface area contributed by atoms with Crippen LogP contribution in [0.5, 0.6) is 0 Å². The van der Waals surface area contributed by atoms with Crippen molar-refractivity contribution in [1.82, 2.24) is 5.32 Å². The minimum Gasteiger partial charge on any atom is -0.373 e. The molecule has 24 heavy (non-hydrogen) atoms. The summed E-state index contributed by atoms with van der Waals surface area (Å²) in [4.78, 5) is 23.9. The van der Waals surface area contributed by atoms with Crippen molar-refractivity contribution >= 4 is 22.8 Å². The van der Waals surface area contributed by atoms with E-state index in [1.165, 1.54) is 0 Å². The van der Waals surface area contributed by atoms with Crippen molar-refractivity contribution in [3.05, 3.63) is 83.9 Å². The van der Waals surface area contributed by atoms with Crippen LogP contribution in [-0.4, -0.2) is 12.1 Å². The molecule has 0 aliphatic carbocycles. The van der Waals surface area contributed by atoms with E-state index in [4.69, 9.17) is 4.74 Å². The maximum Gasteiger partial charge on any atom is 0.415 e. The van der Waals surface area contributed by atoms with E-state index in [-0.39, 0.29) is 6.04 Å². The van der Waals surface area contributed by atoms with Gasteiger partial charge in [-0.25, -0.2) is 9.59 Å². The molecule has 0 aliphatic heterocycles. The number of nitrogens with one attached hydrogen (secondary N) is 1. The Labute approximate surface area is 140 Å². The summed E-state index contributed by atoms with van der Waals surface area (Å²) in [6.07, 6.45) is -0.760. The fourth-order valence-corrected chi connectivity index (χ4v) is 2.63. The van der Waals surface area contributed by atoms with E-state index in [0.717, 1.165) is 16.3 Å². The second kappa shape index (κ2) is 6.96. The lowest BCUT2D eigenvalue weighted by Crippen LogP contribution is -2.29. The molecule has 0 aliphatic rings. The lowest BCUT2D eigenvalue weighted by Gasteiger charge is -2.16. The summed E-state index contributed by atoms with van der Waals surface area (Å²) in [6.45, 7) is 1.86. The minimum absolute atomic E-state index is 0.285. The van der Waals surface area contributed by atoms with E-state index in [9.17, 15) is 9.59 Å². The molecule has 0 aromatic heterocycles. The maximum absolute atomic E-state index is 12.0. The summed E-state index contributed by atoms with van der Waals surface area (Å²) in [6, 6.07) is 22.0. The molecule has 4 nitrogen and oxygen atoms in total. The number of ether oxygens (including phenoxy) is 1. The van der Waals surface area contributed by atoms with Crippen LogP contribution in [0.2, 0.25) is 0 Å². The summed E-state index contributed by atoms with van der Waals surface area (Å²) < 4.78 is 4.85. The molecule has 0 radical (unpaired) electrons. The second-order valence-electron chi connectivity index (χ2n) is 5.48. The van der Waals surface area contributed by atoms with Crippen LogP contribution in [0.25, 0.3) is 10.8 Å². The fourth-order valence-electron chi connectivity index (χ4n) is 2.63. The van der Waals surface area contributed by atoms with Crippen molar-refractivity contribution in [2.24, 2.45) is 0 Å². The molecule has 3 aromatic carbocycles. The lowest BCUT2D eigenvalue weighted by atomic mass is 10.00. The van der Waals surface area contributed by atoms with Crippen LogP contribution < -0.4 is 5.32 Å². The van der Waals surface area contributed by atoms with Gasteiger partial charge in [-0.2, -0.15) is 0 Å². The monoisotopic (exact) mass is 319 g/mol. The van der Waals surface area contributed by atoms with Gasteiger partial charge in [-0.05, 0) is 35.4 Å². The number of alkyl carbamates (subject to hydrolysis) is 1. The Balaban J connectivity index is 1.71. The summed E-state index contributed by atoms with van der Waals surface area (Å²) in [7, 11) is 0. The van der Waals surface area contributed by atoms with Gasteiger partial charge in [0.15, 0.2) is 0 Å². The van der Waals surface area contributed by atoms with Gasteiger partial charge in [0.05, 0.1) is 11.6 Å². The van der Waals surface area contributed by atoms with Crippen molar-refractivity contribution in [2.45, 2.75) is 13.0 Å². The second-order valence-corrected chi connectivity index (χ2v) is 5.48. The van der Waals surface area contributed by atoms with Crippen LogP contribution in [0.1, 0.15) is 28.9 Å². The zero-order valence-corrected chi connectivity index (χ0v) is 13.2. The molecule has 3 aromatic rings. The number of hydrogen-bond acceptors (Lipinski definition) is 3. The third-order valence-electron chi connectivity index (χ3n) is 3.82. The predicted octanol–water partition coefficient (Wildman–Crippen LogP) is 4.47. The highest BCUT2D eigenvalue weighted by Gasteiger charge is 2.16. The smallest absolute Gasteiger partial charge is 0.373 e. The highest BCUT2D eigenvalue weighted by atomic mass is 16.6. The van der Waals surface area contributed by atoms with Crippen LogP contribution in [-0.2, 0) is 4.74 Å². The summed E-state index contributed by atoms with van der Waals surface area (Å²) >= 11 is 0. The maximum atomic E-state index is 12.0. The van der Waals surface area contributed by atoms with E-state index in [1.807, 2.05) is 49.4 Å². The third kappa shape index (κ3) is 3.43. The normalized spacial score (nSPS) is 11.7. The molecule has 1 amide bonds. The van der Waals surface area contributed by atoms with Crippen molar-refractivity contribution in [2.75, 3.05) is 0 Å². The SMILES string of the molecule is C[C@H](NC(=O)OC(=O)c1ccccc1)c1cccc2ccccc12. The Kier molecular flexibility index (Phi) is 4.57. The van der Waals surface area contributed by atoms with Crippen molar-refractivity contribution in [1.29, 1.82) is 0 Å². The highest BCUT2D eigenvalue weighted by Crippen LogP contribution is 2.24. The number of fused-ring (bicyclic) bond motifs is 1. The number of benzene rings is 3. The Morgan fingerprint density at radius 1 is 0.875 bits per heavy atom. The molecule has 0 saturated heterocycles. The van der Waals surface area contributed by atoms with Gasteiger partial charge in [0.25, 0.3) is 0 Å². The van der Waals surface area contributed by atoms with Crippen LogP contribution in [0.4, 0.5) is 4.79 Å². The van der Waals surface area contributed by atoms with Gasteiger partial charge in [0, 0.05) is 0 Å². The van der Waals surface area contributed by atoms with Gasteiger partial charge in [-0.3, -0.25) is 0 Å². The van der Waals surface area contributed by atoms with Gasteiger partial charge in [0.1, 0.15) is 0 Å². The highest BCUT2D eigenvalue weighted by molar-refractivity contribution is 5.96. The minimum atomic E-state index is -0.760. The topological polar surface area (TPSA) is 55.4 Å². The quantitative estimate of drug-likeness (QED) is 0.572. The molecule has 0 bridgehead atoms. The zero-order chi connectivity index (χ0) is 16.9.